The maximum absolute atomic E-state index is 13.4. The van der Waals surface area contributed by atoms with Gasteiger partial charge in [-0.3, -0.25) is 9.59 Å². The summed E-state index contributed by atoms with van der Waals surface area (Å²) in [5.41, 5.74) is -0.215. The molecule has 1 fully saturated rings. The smallest absolute Gasteiger partial charge is 0.314 e. The van der Waals surface area contributed by atoms with E-state index < -0.39 is 29.5 Å². The number of halogens is 2. The summed E-state index contributed by atoms with van der Waals surface area (Å²) in [5.74, 6) is -3.75. The summed E-state index contributed by atoms with van der Waals surface area (Å²) < 4.78 is 31.1. The third-order valence-corrected chi connectivity index (χ3v) is 2.46. The van der Waals surface area contributed by atoms with Crippen molar-refractivity contribution in [3.05, 3.63) is 35.4 Å². The third kappa shape index (κ3) is 1.93. The average molecular weight is 226 g/mol. The fourth-order valence-corrected chi connectivity index (χ4v) is 1.79. The number of ether oxygens (including phenoxy) is 1. The monoisotopic (exact) mass is 226 g/mol. The van der Waals surface area contributed by atoms with Crippen molar-refractivity contribution in [1.29, 1.82) is 0 Å². The zero-order valence-electron chi connectivity index (χ0n) is 8.20. The topological polar surface area (TPSA) is 43.4 Å². The van der Waals surface area contributed by atoms with Crippen LogP contribution in [-0.2, 0) is 14.3 Å². The van der Waals surface area contributed by atoms with Gasteiger partial charge in [0.15, 0.2) is 0 Å². The van der Waals surface area contributed by atoms with Crippen molar-refractivity contribution in [3.8, 4) is 0 Å². The molecule has 1 heterocycles. The molecule has 1 aliphatic heterocycles. The number of esters is 2. The van der Waals surface area contributed by atoms with Crippen LogP contribution in [0.1, 0.15) is 24.3 Å². The molecule has 0 N–H and O–H groups in total. The van der Waals surface area contributed by atoms with Crippen LogP contribution < -0.4 is 0 Å². The molecule has 1 aromatic carbocycles. The summed E-state index contributed by atoms with van der Waals surface area (Å²) in [4.78, 5) is 22.0. The third-order valence-electron chi connectivity index (χ3n) is 2.46. The number of carbonyl (C=O) groups is 2. The zero-order valence-corrected chi connectivity index (χ0v) is 8.20. The van der Waals surface area contributed by atoms with Crippen LogP contribution in [0.15, 0.2) is 18.2 Å². The molecule has 0 unspecified atom stereocenters. The lowest BCUT2D eigenvalue weighted by atomic mass is 9.90. The molecule has 0 saturated carbocycles. The molecule has 0 spiro atoms. The normalized spacial score (nSPS) is 17.4. The summed E-state index contributed by atoms with van der Waals surface area (Å²) in [5, 5.41) is 0. The van der Waals surface area contributed by atoms with Gasteiger partial charge in [0.05, 0.1) is 12.8 Å². The second kappa shape index (κ2) is 4.00. The lowest BCUT2D eigenvalue weighted by Gasteiger charge is -2.20. The molecule has 16 heavy (non-hydrogen) atoms. The zero-order chi connectivity index (χ0) is 11.7. The van der Waals surface area contributed by atoms with Gasteiger partial charge in [0.25, 0.3) is 0 Å². The number of benzene rings is 1. The molecule has 1 saturated heterocycles. The first-order valence-electron chi connectivity index (χ1n) is 4.75. The van der Waals surface area contributed by atoms with E-state index in [1.165, 1.54) is 6.07 Å². The molecule has 5 heteroatoms. The van der Waals surface area contributed by atoms with Gasteiger partial charge in [-0.15, -0.1) is 0 Å². The molecule has 0 aromatic heterocycles. The van der Waals surface area contributed by atoms with Crippen molar-refractivity contribution >= 4 is 11.9 Å². The Hall–Kier alpha value is -1.78. The first kappa shape index (κ1) is 10.7. The van der Waals surface area contributed by atoms with Gasteiger partial charge >= 0.3 is 11.9 Å². The van der Waals surface area contributed by atoms with Crippen molar-refractivity contribution in [2.24, 2.45) is 0 Å². The highest BCUT2D eigenvalue weighted by molar-refractivity contribution is 5.89. The Morgan fingerprint density at radius 2 is 1.56 bits per heavy atom. The maximum Gasteiger partial charge on any atom is 0.314 e. The minimum Gasteiger partial charge on any atom is -0.393 e. The van der Waals surface area contributed by atoms with E-state index in [1.807, 2.05) is 0 Å². The summed E-state index contributed by atoms with van der Waals surface area (Å²) in [6, 6.07) is 3.43. The summed E-state index contributed by atoms with van der Waals surface area (Å²) in [6.45, 7) is 0. The second-order valence-electron chi connectivity index (χ2n) is 3.59. The van der Waals surface area contributed by atoms with Crippen molar-refractivity contribution in [1.82, 2.24) is 0 Å². The molecule has 1 aliphatic rings. The molecule has 0 aliphatic carbocycles. The molecule has 0 bridgehead atoms. The molecule has 0 atom stereocenters. The molecule has 3 nitrogen and oxygen atoms in total. The first-order chi connectivity index (χ1) is 7.58. The predicted molar refractivity (Wildman–Crippen MR) is 49.4 cm³/mol. The number of rotatable bonds is 1. The van der Waals surface area contributed by atoms with Crippen LogP contribution in [0.5, 0.6) is 0 Å². The maximum atomic E-state index is 13.4. The molecular weight excluding hydrogens is 218 g/mol. The van der Waals surface area contributed by atoms with E-state index >= 15 is 0 Å². The van der Waals surface area contributed by atoms with Gasteiger partial charge in [-0.2, -0.15) is 0 Å². The number of carbonyl (C=O) groups excluding carboxylic acids is 2. The number of hydrogen-bond donors (Lipinski definition) is 0. The van der Waals surface area contributed by atoms with E-state index in [4.69, 9.17) is 0 Å². The van der Waals surface area contributed by atoms with Gasteiger partial charge in [0.1, 0.15) is 11.6 Å². The minimum absolute atomic E-state index is 0.177. The van der Waals surface area contributed by atoms with E-state index in [9.17, 15) is 18.4 Å². The van der Waals surface area contributed by atoms with E-state index in [-0.39, 0.29) is 18.4 Å². The first-order valence-corrected chi connectivity index (χ1v) is 4.75. The SMILES string of the molecule is O=C1CC(c2c(F)cccc2F)CC(=O)O1. The summed E-state index contributed by atoms with van der Waals surface area (Å²) in [7, 11) is 0. The Labute approximate surface area is 90.0 Å². The Bertz CT molecular complexity index is 420. The molecule has 0 amide bonds. The highest BCUT2D eigenvalue weighted by Gasteiger charge is 2.31. The fourth-order valence-electron chi connectivity index (χ4n) is 1.79. The predicted octanol–water partition coefficient (Wildman–Crippen LogP) is 1.91. The molecule has 2 rings (SSSR count). The molecular formula is C11H8F2O3. The van der Waals surface area contributed by atoms with Gasteiger partial charge in [0.2, 0.25) is 0 Å². The van der Waals surface area contributed by atoms with Crippen LogP contribution >= 0.6 is 0 Å². The highest BCUT2D eigenvalue weighted by Crippen LogP contribution is 2.31. The standard InChI is InChI=1S/C11H8F2O3/c12-7-2-1-3-8(13)11(7)6-4-9(14)16-10(15)5-6/h1-3,6H,4-5H2. The van der Waals surface area contributed by atoms with Crippen LogP contribution in [0.3, 0.4) is 0 Å². The number of cyclic esters (lactones) is 2. The molecule has 84 valence electrons. The summed E-state index contributed by atoms with van der Waals surface area (Å²) in [6.07, 6.45) is -0.354. The Kier molecular flexibility index (Phi) is 2.68. The van der Waals surface area contributed by atoms with E-state index in [0.29, 0.717) is 0 Å². The molecule has 1 aromatic rings. The van der Waals surface area contributed by atoms with Gasteiger partial charge in [-0.05, 0) is 12.1 Å². The largest absolute Gasteiger partial charge is 0.393 e. The number of hydrogen-bond acceptors (Lipinski definition) is 3. The highest BCUT2D eigenvalue weighted by atomic mass is 19.1. The van der Waals surface area contributed by atoms with Crippen LogP contribution in [0.2, 0.25) is 0 Å². The Morgan fingerprint density at radius 3 is 2.06 bits per heavy atom. The summed E-state index contributed by atoms with van der Waals surface area (Å²) >= 11 is 0. The van der Waals surface area contributed by atoms with Crippen LogP contribution in [0.4, 0.5) is 8.78 Å². The van der Waals surface area contributed by atoms with E-state index in [0.717, 1.165) is 12.1 Å². The fraction of sp³-hybridized carbons (Fsp3) is 0.273. The van der Waals surface area contributed by atoms with Crippen molar-refractivity contribution < 1.29 is 23.1 Å². The second-order valence-corrected chi connectivity index (χ2v) is 3.59. The van der Waals surface area contributed by atoms with Crippen molar-refractivity contribution in [2.45, 2.75) is 18.8 Å². The van der Waals surface area contributed by atoms with Gasteiger partial charge < -0.3 is 4.74 Å². The van der Waals surface area contributed by atoms with Crippen LogP contribution in [0.25, 0.3) is 0 Å². The van der Waals surface area contributed by atoms with E-state index in [2.05, 4.69) is 4.74 Å². The van der Waals surface area contributed by atoms with Crippen LogP contribution in [-0.4, -0.2) is 11.9 Å². The lowest BCUT2D eigenvalue weighted by Crippen LogP contribution is -2.25. The Balaban J connectivity index is 2.36. The molecule has 0 radical (unpaired) electrons. The Morgan fingerprint density at radius 1 is 1.06 bits per heavy atom. The minimum atomic E-state index is -0.769. The van der Waals surface area contributed by atoms with Crippen LogP contribution in [0, 0.1) is 11.6 Å². The van der Waals surface area contributed by atoms with E-state index in [1.54, 1.807) is 0 Å². The van der Waals surface area contributed by atoms with Crippen molar-refractivity contribution in [2.75, 3.05) is 0 Å². The quantitative estimate of drug-likeness (QED) is 0.542. The average Bonchev–Trinajstić information content (AvgIpc) is 2.15. The lowest BCUT2D eigenvalue weighted by molar-refractivity contribution is -0.163. The van der Waals surface area contributed by atoms with Gasteiger partial charge in [0, 0.05) is 11.5 Å². The van der Waals surface area contributed by atoms with Gasteiger partial charge in [-0.1, -0.05) is 6.07 Å². The van der Waals surface area contributed by atoms with Gasteiger partial charge in [-0.25, -0.2) is 8.78 Å². The van der Waals surface area contributed by atoms with Crippen molar-refractivity contribution in [3.63, 3.8) is 0 Å².